The first-order valence-corrected chi connectivity index (χ1v) is 4.99. The highest BCUT2D eigenvalue weighted by Gasteiger charge is 1.94. The third kappa shape index (κ3) is 3.43. The number of nitrogens with zero attached hydrogens (tertiary/aromatic N) is 1. The molecular weight excluding hydrogens is 184 g/mol. The van der Waals surface area contributed by atoms with Gasteiger partial charge in [0, 0.05) is 13.6 Å². The zero-order chi connectivity index (χ0) is 9.52. The number of hydrogen-bond acceptors (Lipinski definition) is 3. The fraction of sp³-hybridized carbons (Fsp3) is 0.375. The van der Waals surface area contributed by atoms with Crippen molar-refractivity contribution in [3.8, 4) is 0 Å². The summed E-state index contributed by atoms with van der Waals surface area (Å²) in [7, 11) is 1.69. The predicted molar refractivity (Wildman–Crippen MR) is 56.7 cm³/mol. The van der Waals surface area contributed by atoms with Crippen LogP contribution in [0.5, 0.6) is 0 Å². The molecule has 0 spiro atoms. The lowest BCUT2D eigenvalue weighted by Crippen LogP contribution is -2.42. The van der Waals surface area contributed by atoms with Crippen molar-refractivity contribution in [2.45, 2.75) is 6.42 Å². The Bertz CT molecular complexity index is 255. The smallest absolute Gasteiger partial charge is 0.205 e. The van der Waals surface area contributed by atoms with Gasteiger partial charge in [0.25, 0.3) is 0 Å². The standard InChI is InChI=1S/C8H14N4S/c1-10-8(12-9)11-4-2-7-3-5-13-6-7/h3,5-6H,2,4,9H2,1H3,(H2,10,11,12). The molecule has 0 saturated carbocycles. The molecule has 1 aromatic rings. The van der Waals surface area contributed by atoms with Crippen LogP contribution >= 0.6 is 11.3 Å². The second kappa shape index (κ2) is 5.55. The van der Waals surface area contributed by atoms with Gasteiger partial charge >= 0.3 is 0 Å². The molecular formula is C8H14N4S. The highest BCUT2D eigenvalue weighted by molar-refractivity contribution is 7.07. The Kier molecular flexibility index (Phi) is 4.28. The Hall–Kier alpha value is -1.07. The summed E-state index contributed by atoms with van der Waals surface area (Å²) in [6.07, 6.45) is 0.990. The molecule has 0 atom stereocenters. The molecule has 0 saturated heterocycles. The molecule has 0 amide bonds. The summed E-state index contributed by atoms with van der Waals surface area (Å²) in [5.41, 5.74) is 3.81. The highest BCUT2D eigenvalue weighted by Crippen LogP contribution is 2.05. The van der Waals surface area contributed by atoms with Gasteiger partial charge < -0.3 is 5.32 Å². The first kappa shape index (κ1) is 10.0. The van der Waals surface area contributed by atoms with Crippen molar-refractivity contribution in [1.82, 2.24) is 10.7 Å². The van der Waals surface area contributed by atoms with Crippen LogP contribution in [0.1, 0.15) is 5.56 Å². The molecule has 5 heteroatoms. The summed E-state index contributed by atoms with van der Waals surface area (Å²) in [4.78, 5) is 3.90. The average molecular weight is 198 g/mol. The molecule has 0 fully saturated rings. The molecule has 0 unspecified atom stereocenters. The van der Waals surface area contributed by atoms with E-state index in [1.54, 1.807) is 18.4 Å². The van der Waals surface area contributed by atoms with E-state index in [4.69, 9.17) is 5.84 Å². The number of nitrogens with two attached hydrogens (primary N) is 1. The fourth-order valence-corrected chi connectivity index (χ4v) is 1.66. The molecule has 0 aliphatic rings. The van der Waals surface area contributed by atoms with Crippen LogP contribution in [0.4, 0.5) is 0 Å². The van der Waals surface area contributed by atoms with E-state index in [1.165, 1.54) is 5.56 Å². The minimum Gasteiger partial charge on any atom is -0.355 e. The quantitative estimate of drug-likeness (QED) is 0.284. The van der Waals surface area contributed by atoms with Crippen molar-refractivity contribution in [1.29, 1.82) is 0 Å². The Morgan fingerprint density at radius 3 is 3.08 bits per heavy atom. The Balaban J connectivity index is 2.21. The number of thiophene rings is 1. The van der Waals surface area contributed by atoms with Crippen molar-refractivity contribution in [2.75, 3.05) is 13.6 Å². The molecule has 0 aromatic carbocycles. The van der Waals surface area contributed by atoms with Crippen LogP contribution in [0.15, 0.2) is 21.8 Å². The minimum absolute atomic E-state index is 0.621. The van der Waals surface area contributed by atoms with Crippen molar-refractivity contribution in [2.24, 2.45) is 10.8 Å². The van der Waals surface area contributed by atoms with E-state index < -0.39 is 0 Å². The lowest BCUT2D eigenvalue weighted by molar-refractivity contribution is 0.818. The van der Waals surface area contributed by atoms with Crippen molar-refractivity contribution in [3.05, 3.63) is 22.4 Å². The summed E-state index contributed by atoms with van der Waals surface area (Å²) in [5, 5.41) is 7.29. The first-order valence-electron chi connectivity index (χ1n) is 4.05. The van der Waals surface area contributed by atoms with E-state index in [9.17, 15) is 0 Å². The highest BCUT2D eigenvalue weighted by atomic mass is 32.1. The number of nitrogens with one attached hydrogen (secondary N) is 2. The van der Waals surface area contributed by atoms with E-state index >= 15 is 0 Å². The number of rotatable bonds is 3. The Morgan fingerprint density at radius 2 is 2.54 bits per heavy atom. The van der Waals surface area contributed by atoms with E-state index in [-0.39, 0.29) is 0 Å². The van der Waals surface area contributed by atoms with E-state index in [0.29, 0.717) is 5.96 Å². The Labute approximate surface area is 81.8 Å². The third-order valence-electron chi connectivity index (χ3n) is 1.65. The minimum atomic E-state index is 0.621. The molecule has 4 nitrogen and oxygen atoms in total. The molecule has 1 heterocycles. The number of aliphatic imine (C=N–C) groups is 1. The molecule has 13 heavy (non-hydrogen) atoms. The number of hydrogen-bond donors (Lipinski definition) is 3. The summed E-state index contributed by atoms with van der Waals surface area (Å²) >= 11 is 1.71. The van der Waals surface area contributed by atoms with Gasteiger partial charge in [-0.1, -0.05) is 0 Å². The van der Waals surface area contributed by atoms with Crippen LogP contribution in [0.3, 0.4) is 0 Å². The van der Waals surface area contributed by atoms with Gasteiger partial charge in [0.2, 0.25) is 5.96 Å². The second-order valence-electron chi connectivity index (χ2n) is 2.52. The lowest BCUT2D eigenvalue weighted by Gasteiger charge is -2.06. The van der Waals surface area contributed by atoms with Gasteiger partial charge in [-0.3, -0.25) is 10.4 Å². The zero-order valence-electron chi connectivity index (χ0n) is 7.58. The number of guanidine groups is 1. The van der Waals surface area contributed by atoms with Crippen LogP contribution in [-0.4, -0.2) is 19.6 Å². The average Bonchev–Trinajstić information content (AvgIpc) is 2.65. The van der Waals surface area contributed by atoms with Gasteiger partial charge in [-0.05, 0) is 28.8 Å². The molecule has 0 bridgehead atoms. The van der Waals surface area contributed by atoms with Gasteiger partial charge in [0.15, 0.2) is 0 Å². The molecule has 72 valence electrons. The van der Waals surface area contributed by atoms with Crippen LogP contribution < -0.4 is 16.6 Å². The predicted octanol–water partition coefficient (Wildman–Crippen LogP) is 0.329. The summed E-state index contributed by atoms with van der Waals surface area (Å²) in [6.45, 7) is 0.841. The van der Waals surface area contributed by atoms with Gasteiger partial charge in [0.05, 0.1) is 0 Å². The molecule has 1 aromatic heterocycles. The molecule has 0 aliphatic carbocycles. The summed E-state index contributed by atoms with van der Waals surface area (Å²) < 4.78 is 0. The molecule has 0 aliphatic heterocycles. The van der Waals surface area contributed by atoms with Gasteiger partial charge in [-0.2, -0.15) is 11.3 Å². The Morgan fingerprint density at radius 1 is 1.69 bits per heavy atom. The van der Waals surface area contributed by atoms with Crippen LogP contribution in [0.2, 0.25) is 0 Å². The van der Waals surface area contributed by atoms with Crippen LogP contribution in [-0.2, 0) is 6.42 Å². The van der Waals surface area contributed by atoms with Gasteiger partial charge in [-0.15, -0.1) is 0 Å². The maximum atomic E-state index is 5.20. The zero-order valence-corrected chi connectivity index (χ0v) is 8.40. The number of hydrazine groups is 1. The van der Waals surface area contributed by atoms with Crippen molar-refractivity contribution in [3.63, 3.8) is 0 Å². The van der Waals surface area contributed by atoms with Gasteiger partial charge in [-0.25, -0.2) is 5.84 Å². The normalized spacial score (nSPS) is 11.4. The molecule has 1 rings (SSSR count). The van der Waals surface area contributed by atoms with Crippen molar-refractivity contribution >= 4 is 17.3 Å². The topological polar surface area (TPSA) is 62.4 Å². The fourth-order valence-electron chi connectivity index (χ4n) is 0.955. The largest absolute Gasteiger partial charge is 0.355 e. The third-order valence-corrected chi connectivity index (χ3v) is 2.38. The summed E-state index contributed by atoms with van der Waals surface area (Å²) in [5.74, 6) is 5.82. The lowest BCUT2D eigenvalue weighted by atomic mass is 10.2. The van der Waals surface area contributed by atoms with E-state index in [0.717, 1.165) is 13.0 Å². The molecule has 0 radical (unpaired) electrons. The maximum absolute atomic E-state index is 5.20. The molecule has 4 N–H and O–H groups in total. The SMILES string of the molecule is CN=C(NN)NCCc1ccsc1. The van der Waals surface area contributed by atoms with Crippen molar-refractivity contribution < 1.29 is 0 Å². The van der Waals surface area contributed by atoms with Crippen LogP contribution in [0, 0.1) is 0 Å². The van der Waals surface area contributed by atoms with E-state index in [2.05, 4.69) is 32.6 Å². The first-order chi connectivity index (χ1) is 6.36. The second-order valence-corrected chi connectivity index (χ2v) is 3.30. The summed E-state index contributed by atoms with van der Waals surface area (Å²) in [6, 6.07) is 2.12. The maximum Gasteiger partial charge on any atom is 0.205 e. The van der Waals surface area contributed by atoms with Crippen LogP contribution in [0.25, 0.3) is 0 Å². The van der Waals surface area contributed by atoms with E-state index in [1.807, 2.05) is 0 Å². The van der Waals surface area contributed by atoms with Gasteiger partial charge in [0.1, 0.15) is 0 Å². The monoisotopic (exact) mass is 198 g/mol.